The van der Waals surface area contributed by atoms with Gasteiger partial charge in [0.15, 0.2) is 0 Å². The molecule has 0 aliphatic carbocycles. The van der Waals surface area contributed by atoms with Crippen molar-refractivity contribution in [2.24, 2.45) is 5.73 Å². The molecule has 0 saturated carbocycles. The van der Waals surface area contributed by atoms with Gasteiger partial charge in [-0.15, -0.1) is 0 Å². The van der Waals surface area contributed by atoms with Crippen LogP contribution in [0.4, 0.5) is 0 Å². The van der Waals surface area contributed by atoms with Gasteiger partial charge in [0.25, 0.3) is 5.91 Å². The zero-order valence-corrected chi connectivity index (χ0v) is 11.8. The van der Waals surface area contributed by atoms with Crippen LogP contribution in [0.25, 0.3) is 0 Å². The van der Waals surface area contributed by atoms with E-state index in [0.717, 1.165) is 0 Å². The number of carbonyl (C=O) groups is 3. The van der Waals surface area contributed by atoms with Crippen LogP contribution in [0.3, 0.4) is 0 Å². The summed E-state index contributed by atoms with van der Waals surface area (Å²) < 4.78 is 0. The van der Waals surface area contributed by atoms with E-state index in [1.807, 2.05) is 0 Å². The van der Waals surface area contributed by atoms with Crippen LogP contribution < -0.4 is 5.73 Å². The lowest BCUT2D eigenvalue weighted by Crippen LogP contribution is -2.52. The average Bonchev–Trinajstić information content (AvgIpc) is 2.46. The van der Waals surface area contributed by atoms with Crippen LogP contribution in [0, 0.1) is 0 Å². The first kappa shape index (κ1) is 16.6. The van der Waals surface area contributed by atoms with E-state index < -0.39 is 30.4 Å². The van der Waals surface area contributed by atoms with Crippen LogP contribution in [0.5, 0.6) is 0 Å². The van der Waals surface area contributed by atoms with Gasteiger partial charge in [0.05, 0.1) is 6.54 Å². The van der Waals surface area contributed by atoms with Gasteiger partial charge in [0.2, 0.25) is 5.91 Å². The maximum atomic E-state index is 12.1. The molecule has 0 heterocycles. The molecule has 0 saturated heterocycles. The van der Waals surface area contributed by atoms with Crippen molar-refractivity contribution in [3.8, 4) is 0 Å². The van der Waals surface area contributed by atoms with E-state index in [-0.39, 0.29) is 12.0 Å². The molecule has 0 aliphatic rings. The SMILES string of the molecule is C=C(C)C(=O)N(C(=O)CN)[C@@H](Cc1ccccc1)C(=O)O. The molecular weight excluding hydrogens is 272 g/mol. The highest BCUT2D eigenvalue weighted by Crippen LogP contribution is 2.13. The molecule has 0 aromatic heterocycles. The molecule has 21 heavy (non-hydrogen) atoms. The molecule has 0 aliphatic heterocycles. The maximum absolute atomic E-state index is 12.1. The second kappa shape index (κ2) is 7.35. The Labute approximate surface area is 122 Å². The molecular formula is C15H18N2O4. The lowest BCUT2D eigenvalue weighted by atomic mass is 10.0. The highest BCUT2D eigenvalue weighted by atomic mass is 16.4. The van der Waals surface area contributed by atoms with E-state index in [0.29, 0.717) is 10.5 Å². The number of carboxylic acids is 1. The van der Waals surface area contributed by atoms with E-state index in [4.69, 9.17) is 5.73 Å². The summed E-state index contributed by atoms with van der Waals surface area (Å²) >= 11 is 0. The second-order valence-electron chi connectivity index (χ2n) is 4.60. The first-order valence-electron chi connectivity index (χ1n) is 6.37. The predicted octanol–water partition coefficient (Wildman–Crippen LogP) is 0.572. The minimum atomic E-state index is -1.31. The van der Waals surface area contributed by atoms with E-state index in [1.165, 1.54) is 6.92 Å². The van der Waals surface area contributed by atoms with Crippen molar-refractivity contribution in [1.29, 1.82) is 0 Å². The highest BCUT2D eigenvalue weighted by molar-refractivity contribution is 6.06. The molecule has 3 N–H and O–H groups in total. The normalized spacial score (nSPS) is 11.5. The third-order valence-electron chi connectivity index (χ3n) is 2.90. The van der Waals surface area contributed by atoms with Gasteiger partial charge in [-0.2, -0.15) is 0 Å². The van der Waals surface area contributed by atoms with Crippen molar-refractivity contribution in [3.05, 3.63) is 48.0 Å². The Morgan fingerprint density at radius 1 is 1.29 bits per heavy atom. The fraction of sp³-hybridized carbons (Fsp3) is 0.267. The summed E-state index contributed by atoms with van der Waals surface area (Å²) in [6.07, 6.45) is 0.0148. The lowest BCUT2D eigenvalue weighted by Gasteiger charge is -2.27. The van der Waals surface area contributed by atoms with Crippen molar-refractivity contribution in [2.75, 3.05) is 6.54 Å². The van der Waals surface area contributed by atoms with Crippen LogP contribution in [-0.2, 0) is 20.8 Å². The third-order valence-corrected chi connectivity index (χ3v) is 2.90. The second-order valence-corrected chi connectivity index (χ2v) is 4.60. The molecule has 1 aromatic rings. The quantitative estimate of drug-likeness (QED) is 0.746. The number of rotatable bonds is 6. The maximum Gasteiger partial charge on any atom is 0.327 e. The van der Waals surface area contributed by atoms with Crippen LogP contribution in [0.15, 0.2) is 42.5 Å². The van der Waals surface area contributed by atoms with Crippen LogP contribution >= 0.6 is 0 Å². The first-order chi connectivity index (χ1) is 9.88. The molecule has 0 bridgehead atoms. The molecule has 6 heteroatoms. The zero-order chi connectivity index (χ0) is 16.0. The molecule has 2 amide bonds. The van der Waals surface area contributed by atoms with Gasteiger partial charge in [-0.05, 0) is 12.5 Å². The molecule has 0 spiro atoms. The van der Waals surface area contributed by atoms with Crippen molar-refractivity contribution < 1.29 is 19.5 Å². The topological polar surface area (TPSA) is 101 Å². The summed E-state index contributed by atoms with van der Waals surface area (Å²) in [6.45, 7) is 4.43. The molecule has 1 aromatic carbocycles. The van der Waals surface area contributed by atoms with E-state index >= 15 is 0 Å². The number of imide groups is 1. The summed E-state index contributed by atoms with van der Waals surface area (Å²) in [5.74, 6) is -2.74. The largest absolute Gasteiger partial charge is 0.480 e. The summed E-state index contributed by atoms with van der Waals surface area (Å²) in [4.78, 5) is 36.1. The zero-order valence-electron chi connectivity index (χ0n) is 11.8. The molecule has 0 fully saturated rings. The first-order valence-corrected chi connectivity index (χ1v) is 6.37. The van der Waals surface area contributed by atoms with Gasteiger partial charge in [0.1, 0.15) is 6.04 Å². The summed E-state index contributed by atoms with van der Waals surface area (Å²) in [7, 11) is 0. The fourth-order valence-electron chi connectivity index (χ4n) is 1.86. The minimum absolute atomic E-state index is 0.0148. The van der Waals surface area contributed by atoms with Crippen LogP contribution in [0.1, 0.15) is 12.5 Å². The van der Waals surface area contributed by atoms with Crippen LogP contribution in [-0.4, -0.2) is 40.4 Å². The lowest BCUT2D eigenvalue weighted by molar-refractivity contribution is -0.156. The third kappa shape index (κ3) is 4.25. The standard InChI is InChI=1S/C15H18N2O4/c1-10(2)14(19)17(13(18)9-16)12(15(20)21)8-11-6-4-3-5-7-11/h3-7,12H,1,8-9,16H2,2H3,(H,20,21)/t12-/m0/s1. The Bertz CT molecular complexity index is 554. The van der Waals surface area contributed by atoms with Gasteiger partial charge in [-0.25, -0.2) is 4.79 Å². The Hall–Kier alpha value is -2.47. The average molecular weight is 290 g/mol. The smallest absolute Gasteiger partial charge is 0.327 e. The molecule has 1 rings (SSSR count). The molecule has 1 atom stereocenters. The molecule has 6 nitrogen and oxygen atoms in total. The number of hydrogen-bond acceptors (Lipinski definition) is 4. The van der Waals surface area contributed by atoms with Crippen LogP contribution in [0.2, 0.25) is 0 Å². The van der Waals surface area contributed by atoms with Crippen molar-refractivity contribution in [1.82, 2.24) is 4.90 Å². The van der Waals surface area contributed by atoms with Gasteiger partial charge in [-0.1, -0.05) is 36.9 Å². The predicted molar refractivity (Wildman–Crippen MR) is 77.3 cm³/mol. The number of nitrogens with zero attached hydrogens (tertiary/aromatic N) is 1. The number of nitrogens with two attached hydrogens (primary N) is 1. The molecule has 112 valence electrons. The number of carbonyl (C=O) groups excluding carboxylic acids is 2. The van der Waals surface area contributed by atoms with Gasteiger partial charge >= 0.3 is 5.97 Å². The Morgan fingerprint density at radius 2 is 1.86 bits per heavy atom. The van der Waals surface area contributed by atoms with Gasteiger partial charge in [0, 0.05) is 12.0 Å². The summed E-state index contributed by atoms with van der Waals surface area (Å²) in [5, 5.41) is 9.36. The van der Waals surface area contributed by atoms with Gasteiger partial charge in [-0.3, -0.25) is 14.5 Å². The highest BCUT2D eigenvalue weighted by Gasteiger charge is 2.34. The number of amides is 2. The number of hydrogen-bond donors (Lipinski definition) is 2. The monoisotopic (exact) mass is 290 g/mol. The summed E-state index contributed by atoms with van der Waals surface area (Å²) in [6, 6.07) is 7.45. The number of carboxylic acid groups (broad SMARTS) is 1. The molecule has 0 radical (unpaired) electrons. The van der Waals surface area contributed by atoms with E-state index in [9.17, 15) is 19.5 Å². The van der Waals surface area contributed by atoms with Crippen molar-refractivity contribution >= 4 is 17.8 Å². The van der Waals surface area contributed by atoms with E-state index in [2.05, 4.69) is 6.58 Å². The Morgan fingerprint density at radius 3 is 2.29 bits per heavy atom. The fourth-order valence-corrected chi connectivity index (χ4v) is 1.86. The molecule has 0 unspecified atom stereocenters. The Balaban J connectivity index is 3.14. The van der Waals surface area contributed by atoms with E-state index in [1.54, 1.807) is 30.3 Å². The minimum Gasteiger partial charge on any atom is -0.480 e. The van der Waals surface area contributed by atoms with Crippen molar-refractivity contribution in [3.63, 3.8) is 0 Å². The van der Waals surface area contributed by atoms with Gasteiger partial charge < -0.3 is 10.8 Å². The Kier molecular flexibility index (Phi) is 5.80. The number of aliphatic carboxylic acids is 1. The summed E-state index contributed by atoms with van der Waals surface area (Å²) in [5.41, 5.74) is 6.06. The van der Waals surface area contributed by atoms with Crippen molar-refractivity contribution in [2.45, 2.75) is 19.4 Å². The number of benzene rings is 1.